The summed E-state index contributed by atoms with van der Waals surface area (Å²) in [6.45, 7) is 1.19. The van der Waals surface area contributed by atoms with Gasteiger partial charge < -0.3 is 15.0 Å². The van der Waals surface area contributed by atoms with Crippen LogP contribution in [0.15, 0.2) is 11.0 Å². The molecule has 2 fully saturated rings. The number of nitrogens with zero attached hydrogens (tertiary/aromatic N) is 2. The normalized spacial score (nSPS) is 22.1. The van der Waals surface area contributed by atoms with Crippen LogP contribution in [0.5, 0.6) is 0 Å². The quantitative estimate of drug-likeness (QED) is 0.879. The summed E-state index contributed by atoms with van der Waals surface area (Å²) < 4.78 is 5.49. The minimum Gasteiger partial charge on any atom is -0.444 e. The van der Waals surface area contributed by atoms with Crippen molar-refractivity contribution in [1.82, 2.24) is 15.5 Å². The van der Waals surface area contributed by atoms with Gasteiger partial charge in [-0.3, -0.25) is 4.79 Å². The van der Waals surface area contributed by atoms with Crippen molar-refractivity contribution in [1.29, 1.82) is 0 Å². The van der Waals surface area contributed by atoms with Gasteiger partial charge in [-0.05, 0) is 12.8 Å². The van der Waals surface area contributed by atoms with Crippen molar-refractivity contribution >= 4 is 23.4 Å². The SMILES string of the molecule is O=C(NC1CCCCC1)O[C@H]1CCN(c2cn[nH]c(=O)c2Cl)C1. The number of aromatic amines is 1. The first-order chi connectivity index (χ1) is 11.1. The number of carbonyl (C=O) groups is 1. The molecule has 2 heterocycles. The van der Waals surface area contributed by atoms with E-state index in [1.807, 2.05) is 4.90 Å². The monoisotopic (exact) mass is 340 g/mol. The first kappa shape index (κ1) is 16.1. The number of nitrogens with one attached hydrogen (secondary N) is 2. The fraction of sp³-hybridized carbons (Fsp3) is 0.667. The Morgan fingerprint density at radius 3 is 2.91 bits per heavy atom. The fourth-order valence-electron chi connectivity index (χ4n) is 3.24. The van der Waals surface area contributed by atoms with Crippen LogP contribution in [0.3, 0.4) is 0 Å². The van der Waals surface area contributed by atoms with Crippen LogP contribution in [0.2, 0.25) is 5.02 Å². The number of hydrogen-bond acceptors (Lipinski definition) is 5. The van der Waals surface area contributed by atoms with Gasteiger partial charge in [-0.15, -0.1) is 0 Å². The van der Waals surface area contributed by atoms with Gasteiger partial charge in [0.05, 0.1) is 18.4 Å². The Morgan fingerprint density at radius 1 is 1.35 bits per heavy atom. The molecule has 0 unspecified atom stereocenters. The zero-order valence-electron chi connectivity index (χ0n) is 12.9. The first-order valence-corrected chi connectivity index (χ1v) is 8.46. The van der Waals surface area contributed by atoms with Crippen LogP contribution in [0.4, 0.5) is 10.5 Å². The minimum atomic E-state index is -0.413. The highest BCUT2D eigenvalue weighted by molar-refractivity contribution is 6.33. The summed E-state index contributed by atoms with van der Waals surface area (Å²) in [4.78, 5) is 25.4. The number of H-pyrrole nitrogens is 1. The van der Waals surface area contributed by atoms with E-state index in [-0.39, 0.29) is 23.3 Å². The van der Waals surface area contributed by atoms with Crippen molar-refractivity contribution in [3.8, 4) is 0 Å². The number of aromatic nitrogens is 2. The van der Waals surface area contributed by atoms with Gasteiger partial charge in [0.1, 0.15) is 11.1 Å². The summed E-state index contributed by atoms with van der Waals surface area (Å²) in [6.07, 6.45) is 7.31. The standard InChI is InChI=1S/C15H21ClN4O3/c16-13-12(8-17-19-14(13)21)20-7-6-11(9-20)23-15(22)18-10-4-2-1-3-5-10/h8,10-11H,1-7,9H2,(H,18,22)(H,19,21)/t11-/m0/s1. The van der Waals surface area contributed by atoms with E-state index in [9.17, 15) is 9.59 Å². The Bertz CT molecular complexity index is 615. The van der Waals surface area contributed by atoms with E-state index in [0.717, 1.165) is 25.7 Å². The molecule has 1 saturated carbocycles. The lowest BCUT2D eigenvalue weighted by atomic mass is 9.96. The molecule has 3 rings (SSSR count). The van der Waals surface area contributed by atoms with Crippen LogP contribution in [-0.4, -0.2) is 41.5 Å². The number of carbonyl (C=O) groups excluding carboxylic acids is 1. The predicted octanol–water partition coefficient (Wildman–Crippen LogP) is 2.06. The molecule has 2 N–H and O–H groups in total. The highest BCUT2D eigenvalue weighted by Crippen LogP contribution is 2.26. The summed E-state index contributed by atoms with van der Waals surface area (Å²) in [5.41, 5.74) is 0.165. The zero-order chi connectivity index (χ0) is 16.2. The number of hydrogen-bond donors (Lipinski definition) is 2. The van der Waals surface area contributed by atoms with Crippen LogP contribution in [0.1, 0.15) is 38.5 Å². The average Bonchev–Trinajstić information content (AvgIpc) is 2.99. The molecule has 0 aromatic carbocycles. The zero-order valence-corrected chi connectivity index (χ0v) is 13.6. The van der Waals surface area contributed by atoms with Crippen molar-refractivity contribution in [2.75, 3.05) is 18.0 Å². The van der Waals surface area contributed by atoms with E-state index in [4.69, 9.17) is 16.3 Å². The highest BCUT2D eigenvalue weighted by Gasteiger charge is 2.28. The van der Waals surface area contributed by atoms with E-state index in [1.54, 1.807) is 0 Å². The third kappa shape index (κ3) is 3.96. The maximum Gasteiger partial charge on any atom is 0.407 e. The van der Waals surface area contributed by atoms with Gasteiger partial charge in [0.25, 0.3) is 5.56 Å². The molecule has 0 spiro atoms. The molecule has 1 aromatic rings. The van der Waals surface area contributed by atoms with E-state index in [2.05, 4.69) is 15.5 Å². The van der Waals surface area contributed by atoms with Crippen LogP contribution in [-0.2, 0) is 4.74 Å². The lowest BCUT2D eigenvalue weighted by molar-refractivity contribution is 0.103. The van der Waals surface area contributed by atoms with Crippen molar-refractivity contribution in [2.45, 2.75) is 50.7 Å². The smallest absolute Gasteiger partial charge is 0.407 e. The largest absolute Gasteiger partial charge is 0.444 e. The molecule has 7 nitrogen and oxygen atoms in total. The second-order valence-electron chi connectivity index (χ2n) is 6.14. The number of amides is 1. The molecule has 1 aliphatic heterocycles. The molecule has 1 saturated heterocycles. The van der Waals surface area contributed by atoms with Gasteiger partial charge in [-0.1, -0.05) is 30.9 Å². The van der Waals surface area contributed by atoms with Crippen LogP contribution >= 0.6 is 11.6 Å². The summed E-state index contributed by atoms with van der Waals surface area (Å²) >= 11 is 6.01. The molecule has 8 heteroatoms. The summed E-state index contributed by atoms with van der Waals surface area (Å²) in [5.74, 6) is 0. The minimum absolute atomic E-state index is 0.118. The lowest BCUT2D eigenvalue weighted by Crippen LogP contribution is -2.39. The van der Waals surface area contributed by atoms with E-state index < -0.39 is 5.56 Å². The van der Waals surface area contributed by atoms with Crippen molar-refractivity contribution < 1.29 is 9.53 Å². The van der Waals surface area contributed by atoms with Crippen LogP contribution in [0.25, 0.3) is 0 Å². The average molecular weight is 341 g/mol. The van der Waals surface area contributed by atoms with E-state index in [0.29, 0.717) is 25.2 Å². The Morgan fingerprint density at radius 2 is 2.13 bits per heavy atom. The van der Waals surface area contributed by atoms with Crippen molar-refractivity contribution in [3.05, 3.63) is 21.6 Å². The number of anilines is 1. The Balaban J connectivity index is 1.52. The van der Waals surface area contributed by atoms with Crippen LogP contribution in [0, 0.1) is 0 Å². The lowest BCUT2D eigenvalue weighted by Gasteiger charge is -2.23. The molecule has 1 amide bonds. The van der Waals surface area contributed by atoms with Gasteiger partial charge in [0, 0.05) is 19.0 Å². The maximum absolute atomic E-state index is 12.0. The summed E-state index contributed by atoms with van der Waals surface area (Å²) in [5, 5.41) is 9.13. The molecular formula is C15H21ClN4O3. The van der Waals surface area contributed by atoms with Gasteiger partial charge in [0.2, 0.25) is 0 Å². The number of rotatable bonds is 3. The predicted molar refractivity (Wildman–Crippen MR) is 87.0 cm³/mol. The third-order valence-electron chi connectivity index (χ3n) is 4.46. The molecule has 1 aliphatic carbocycles. The van der Waals surface area contributed by atoms with Gasteiger partial charge in [-0.25, -0.2) is 9.89 Å². The molecule has 126 valence electrons. The molecular weight excluding hydrogens is 320 g/mol. The fourth-order valence-corrected chi connectivity index (χ4v) is 3.45. The Kier molecular flexibility index (Phi) is 5.05. The third-order valence-corrected chi connectivity index (χ3v) is 4.83. The molecule has 1 aromatic heterocycles. The molecule has 2 aliphatic rings. The molecule has 0 bridgehead atoms. The number of ether oxygens (including phenoxy) is 1. The van der Waals surface area contributed by atoms with Crippen molar-refractivity contribution in [3.63, 3.8) is 0 Å². The number of halogens is 1. The molecule has 23 heavy (non-hydrogen) atoms. The second kappa shape index (κ2) is 7.21. The summed E-state index contributed by atoms with van der Waals surface area (Å²) in [6, 6.07) is 0.236. The van der Waals surface area contributed by atoms with E-state index in [1.165, 1.54) is 12.6 Å². The van der Waals surface area contributed by atoms with Crippen LogP contribution < -0.4 is 15.8 Å². The number of alkyl carbamates (subject to hydrolysis) is 1. The first-order valence-electron chi connectivity index (χ1n) is 8.09. The van der Waals surface area contributed by atoms with E-state index >= 15 is 0 Å². The second-order valence-corrected chi connectivity index (χ2v) is 6.52. The van der Waals surface area contributed by atoms with Gasteiger partial charge in [-0.2, -0.15) is 5.10 Å². The Labute approximate surface area is 139 Å². The molecule has 1 atom stereocenters. The summed E-state index contributed by atoms with van der Waals surface area (Å²) in [7, 11) is 0. The Hall–Kier alpha value is -1.76. The van der Waals surface area contributed by atoms with Gasteiger partial charge >= 0.3 is 6.09 Å². The molecule has 0 radical (unpaired) electrons. The highest BCUT2D eigenvalue weighted by atomic mass is 35.5. The maximum atomic E-state index is 12.0. The van der Waals surface area contributed by atoms with Crippen molar-refractivity contribution in [2.24, 2.45) is 0 Å². The van der Waals surface area contributed by atoms with Gasteiger partial charge in [0.15, 0.2) is 0 Å². The topological polar surface area (TPSA) is 87.3 Å².